The van der Waals surface area contributed by atoms with Crippen molar-refractivity contribution in [3.8, 4) is 0 Å². The van der Waals surface area contributed by atoms with Gasteiger partial charge in [-0.15, -0.1) is 0 Å². The molecule has 102 valence electrons. The van der Waals surface area contributed by atoms with E-state index in [1.54, 1.807) is 0 Å². The van der Waals surface area contributed by atoms with Crippen LogP contribution >= 0.6 is 0 Å². The Labute approximate surface area is 114 Å². The first kappa shape index (κ1) is 12.7. The summed E-state index contributed by atoms with van der Waals surface area (Å²) in [4.78, 5) is 12.2. The van der Waals surface area contributed by atoms with E-state index in [-0.39, 0.29) is 11.8 Å². The number of carbonyl (C=O) groups is 1. The van der Waals surface area contributed by atoms with E-state index in [2.05, 4.69) is 5.32 Å². The predicted octanol–water partition coefficient (Wildman–Crippen LogP) is 2.56. The van der Waals surface area contributed by atoms with Crippen molar-refractivity contribution in [2.45, 2.75) is 32.1 Å². The maximum absolute atomic E-state index is 12.2. The molecular weight excluding hydrogens is 236 g/mol. The Hall–Kier alpha value is -1.35. The van der Waals surface area contributed by atoms with Gasteiger partial charge in [0.25, 0.3) is 0 Å². The summed E-state index contributed by atoms with van der Waals surface area (Å²) >= 11 is 0. The van der Waals surface area contributed by atoms with E-state index in [1.165, 1.54) is 31.2 Å². The van der Waals surface area contributed by atoms with Gasteiger partial charge in [-0.3, -0.25) is 4.79 Å². The van der Waals surface area contributed by atoms with Gasteiger partial charge < -0.3 is 11.1 Å². The number of hydrogen-bond donors (Lipinski definition) is 2. The number of carbonyl (C=O) groups excluding carboxylic acids is 1. The molecule has 19 heavy (non-hydrogen) atoms. The van der Waals surface area contributed by atoms with E-state index in [1.807, 2.05) is 24.3 Å². The second-order valence-electron chi connectivity index (χ2n) is 5.86. The van der Waals surface area contributed by atoms with Crippen LogP contribution in [0.25, 0.3) is 0 Å². The Morgan fingerprint density at radius 1 is 1.16 bits per heavy atom. The van der Waals surface area contributed by atoms with Crippen molar-refractivity contribution in [1.82, 2.24) is 0 Å². The molecule has 3 heteroatoms. The molecule has 2 atom stereocenters. The van der Waals surface area contributed by atoms with Crippen molar-refractivity contribution in [2.75, 3.05) is 11.9 Å². The van der Waals surface area contributed by atoms with Crippen LogP contribution in [0.5, 0.6) is 0 Å². The molecule has 0 radical (unpaired) electrons. The van der Waals surface area contributed by atoms with E-state index in [9.17, 15) is 4.79 Å². The molecule has 2 unspecified atom stereocenters. The van der Waals surface area contributed by atoms with Crippen molar-refractivity contribution < 1.29 is 4.79 Å². The highest BCUT2D eigenvalue weighted by atomic mass is 16.2. The molecule has 1 amide bonds. The molecule has 2 aliphatic carbocycles. The lowest BCUT2D eigenvalue weighted by molar-refractivity contribution is -0.117. The van der Waals surface area contributed by atoms with Crippen molar-refractivity contribution >= 4 is 11.6 Å². The fraction of sp³-hybridized carbons (Fsp3) is 0.562. The summed E-state index contributed by atoms with van der Waals surface area (Å²) in [5, 5.41) is 3.06. The van der Waals surface area contributed by atoms with E-state index in [0.29, 0.717) is 18.4 Å². The number of benzene rings is 1. The summed E-state index contributed by atoms with van der Waals surface area (Å²) in [6.07, 6.45) is 5.99. The lowest BCUT2D eigenvalue weighted by atomic mass is 10.0. The normalized spacial score (nSPS) is 28.6. The van der Waals surface area contributed by atoms with Gasteiger partial charge in [0, 0.05) is 11.6 Å². The molecule has 0 heterocycles. The topological polar surface area (TPSA) is 55.1 Å². The maximum atomic E-state index is 12.2. The molecule has 2 saturated carbocycles. The summed E-state index contributed by atoms with van der Waals surface area (Å²) in [5.74, 6) is 1.85. The van der Waals surface area contributed by atoms with Crippen molar-refractivity contribution in [2.24, 2.45) is 23.5 Å². The second-order valence-corrected chi connectivity index (χ2v) is 5.86. The average Bonchev–Trinajstić information content (AvgIpc) is 3.15. The quantitative estimate of drug-likeness (QED) is 0.872. The minimum absolute atomic E-state index is 0.225. The SMILES string of the molecule is NCCc1ccc(NC(=O)C2C3CCCCC32)cc1. The Morgan fingerprint density at radius 2 is 1.79 bits per heavy atom. The zero-order chi connectivity index (χ0) is 13.2. The van der Waals surface area contributed by atoms with E-state index in [0.717, 1.165) is 12.1 Å². The molecule has 0 saturated heterocycles. The second kappa shape index (κ2) is 5.33. The molecule has 0 bridgehead atoms. The minimum atomic E-state index is 0.225. The smallest absolute Gasteiger partial charge is 0.228 e. The van der Waals surface area contributed by atoms with Gasteiger partial charge in [-0.1, -0.05) is 25.0 Å². The summed E-state index contributed by atoms with van der Waals surface area (Å²) in [6.45, 7) is 0.664. The molecule has 1 aromatic rings. The van der Waals surface area contributed by atoms with Gasteiger partial charge in [-0.25, -0.2) is 0 Å². The Morgan fingerprint density at radius 3 is 2.37 bits per heavy atom. The molecule has 1 aromatic carbocycles. The number of nitrogens with one attached hydrogen (secondary N) is 1. The minimum Gasteiger partial charge on any atom is -0.330 e. The van der Waals surface area contributed by atoms with Crippen LogP contribution in [0.3, 0.4) is 0 Å². The lowest BCUT2D eigenvalue weighted by Crippen LogP contribution is -2.15. The standard InChI is InChI=1S/C16H22N2O/c17-10-9-11-5-7-12(8-6-11)18-16(19)15-13-3-1-2-4-14(13)15/h5-8,13-15H,1-4,9-10,17H2,(H,18,19). The van der Waals surface area contributed by atoms with Crippen LogP contribution in [-0.4, -0.2) is 12.5 Å². The van der Waals surface area contributed by atoms with Gasteiger partial charge >= 0.3 is 0 Å². The number of anilines is 1. The first-order valence-electron chi connectivity index (χ1n) is 7.39. The van der Waals surface area contributed by atoms with Crippen LogP contribution in [0, 0.1) is 17.8 Å². The van der Waals surface area contributed by atoms with Gasteiger partial charge in [-0.2, -0.15) is 0 Å². The van der Waals surface area contributed by atoms with Crippen molar-refractivity contribution in [3.05, 3.63) is 29.8 Å². The third-order valence-corrected chi connectivity index (χ3v) is 4.61. The van der Waals surface area contributed by atoms with Crippen LogP contribution in [-0.2, 0) is 11.2 Å². The maximum Gasteiger partial charge on any atom is 0.228 e. The van der Waals surface area contributed by atoms with E-state index in [4.69, 9.17) is 5.73 Å². The summed E-state index contributed by atoms with van der Waals surface area (Å²) in [6, 6.07) is 8.05. The van der Waals surface area contributed by atoms with Crippen LogP contribution < -0.4 is 11.1 Å². The predicted molar refractivity (Wildman–Crippen MR) is 76.8 cm³/mol. The van der Waals surface area contributed by atoms with Gasteiger partial charge in [0.1, 0.15) is 0 Å². The zero-order valence-corrected chi connectivity index (χ0v) is 11.3. The number of nitrogens with two attached hydrogens (primary N) is 1. The first-order chi connectivity index (χ1) is 9.29. The number of hydrogen-bond acceptors (Lipinski definition) is 2. The van der Waals surface area contributed by atoms with Crippen molar-refractivity contribution in [3.63, 3.8) is 0 Å². The van der Waals surface area contributed by atoms with Gasteiger partial charge in [0.15, 0.2) is 0 Å². The van der Waals surface area contributed by atoms with Crippen molar-refractivity contribution in [1.29, 1.82) is 0 Å². The van der Waals surface area contributed by atoms with Crippen LogP contribution in [0.2, 0.25) is 0 Å². The molecule has 3 rings (SSSR count). The molecule has 0 spiro atoms. The number of amides is 1. The monoisotopic (exact) mass is 258 g/mol. The fourth-order valence-corrected chi connectivity index (χ4v) is 3.53. The van der Waals surface area contributed by atoms with Gasteiger partial charge in [-0.05, 0) is 55.3 Å². The summed E-state index contributed by atoms with van der Waals surface area (Å²) in [5.41, 5.74) is 7.66. The Kier molecular flexibility index (Phi) is 3.56. The first-order valence-corrected chi connectivity index (χ1v) is 7.39. The van der Waals surface area contributed by atoms with Crippen LogP contribution in [0.1, 0.15) is 31.2 Å². The Bertz CT molecular complexity index is 442. The molecule has 0 aromatic heterocycles. The molecule has 3 nitrogen and oxygen atoms in total. The molecule has 2 aliphatic rings. The van der Waals surface area contributed by atoms with E-state index >= 15 is 0 Å². The Balaban J connectivity index is 1.57. The zero-order valence-electron chi connectivity index (χ0n) is 11.3. The highest BCUT2D eigenvalue weighted by Gasteiger charge is 2.54. The third kappa shape index (κ3) is 2.66. The average molecular weight is 258 g/mol. The lowest BCUT2D eigenvalue weighted by Gasteiger charge is -2.06. The summed E-state index contributed by atoms with van der Waals surface area (Å²) in [7, 11) is 0. The fourth-order valence-electron chi connectivity index (χ4n) is 3.53. The molecular formula is C16H22N2O. The molecule has 0 aliphatic heterocycles. The van der Waals surface area contributed by atoms with Gasteiger partial charge in [0.05, 0.1) is 0 Å². The van der Waals surface area contributed by atoms with Gasteiger partial charge in [0.2, 0.25) is 5.91 Å². The number of fused-ring (bicyclic) bond motifs is 1. The van der Waals surface area contributed by atoms with Crippen LogP contribution in [0.4, 0.5) is 5.69 Å². The largest absolute Gasteiger partial charge is 0.330 e. The third-order valence-electron chi connectivity index (χ3n) is 4.61. The van der Waals surface area contributed by atoms with Crippen LogP contribution in [0.15, 0.2) is 24.3 Å². The highest BCUT2D eigenvalue weighted by molar-refractivity contribution is 5.94. The van der Waals surface area contributed by atoms with E-state index < -0.39 is 0 Å². The molecule has 3 N–H and O–H groups in total. The molecule has 2 fully saturated rings. The highest BCUT2D eigenvalue weighted by Crippen LogP contribution is 2.55. The summed E-state index contributed by atoms with van der Waals surface area (Å²) < 4.78 is 0. The number of rotatable bonds is 4.